The van der Waals surface area contributed by atoms with Crippen LogP contribution in [0.15, 0.2) is 29.3 Å². The van der Waals surface area contributed by atoms with Gasteiger partial charge < -0.3 is 15.4 Å². The number of nitrogens with one attached hydrogen (secondary N) is 2. The van der Waals surface area contributed by atoms with Gasteiger partial charge in [0, 0.05) is 18.0 Å². The molecule has 0 aliphatic carbocycles. The Bertz CT molecular complexity index is 683. The maximum atomic E-state index is 5.55. The van der Waals surface area contributed by atoms with E-state index in [2.05, 4.69) is 41.6 Å². The van der Waals surface area contributed by atoms with E-state index in [-0.39, 0.29) is 24.0 Å². The first-order valence-electron chi connectivity index (χ1n) is 8.73. The molecular weight excluding hydrogens is 459 g/mol. The fourth-order valence-corrected chi connectivity index (χ4v) is 3.22. The summed E-state index contributed by atoms with van der Waals surface area (Å²) in [6, 6.07) is 8.29. The third-order valence-corrected chi connectivity index (χ3v) is 4.88. The normalized spacial score (nSPS) is 11.2. The number of aromatic nitrogens is 1. The summed E-state index contributed by atoms with van der Waals surface area (Å²) in [5.41, 5.74) is 3.48. The van der Waals surface area contributed by atoms with Crippen LogP contribution in [0.1, 0.15) is 40.6 Å². The Morgan fingerprint density at radius 1 is 1.15 bits per heavy atom. The van der Waals surface area contributed by atoms with Crippen molar-refractivity contribution >= 4 is 41.3 Å². The molecule has 0 radical (unpaired) electrons. The highest BCUT2D eigenvalue weighted by atomic mass is 127. The van der Waals surface area contributed by atoms with E-state index in [1.165, 1.54) is 16.0 Å². The lowest BCUT2D eigenvalue weighted by Gasteiger charge is -2.11. The zero-order valence-corrected chi connectivity index (χ0v) is 19.1. The molecule has 1 heterocycles. The summed E-state index contributed by atoms with van der Waals surface area (Å²) in [5, 5.41) is 7.74. The van der Waals surface area contributed by atoms with Gasteiger partial charge in [-0.3, -0.25) is 0 Å². The molecule has 5 nitrogen and oxygen atoms in total. The largest absolute Gasteiger partial charge is 0.377 e. The van der Waals surface area contributed by atoms with Crippen molar-refractivity contribution in [1.82, 2.24) is 15.6 Å². The first kappa shape index (κ1) is 22.9. The highest BCUT2D eigenvalue weighted by Crippen LogP contribution is 2.16. The number of halogens is 1. The van der Waals surface area contributed by atoms with E-state index in [0.29, 0.717) is 26.3 Å². The van der Waals surface area contributed by atoms with Crippen molar-refractivity contribution in [2.75, 3.05) is 13.2 Å². The molecule has 0 unspecified atom stereocenters. The molecule has 7 heteroatoms. The Kier molecular flexibility index (Phi) is 10.8. The van der Waals surface area contributed by atoms with Crippen molar-refractivity contribution in [2.45, 2.75) is 47.4 Å². The van der Waals surface area contributed by atoms with Gasteiger partial charge >= 0.3 is 0 Å². The zero-order valence-electron chi connectivity index (χ0n) is 16.0. The van der Waals surface area contributed by atoms with E-state index in [0.717, 1.165) is 23.2 Å². The van der Waals surface area contributed by atoms with Crippen LogP contribution in [0.25, 0.3) is 0 Å². The quantitative estimate of drug-likeness (QED) is 0.333. The second-order valence-electron chi connectivity index (χ2n) is 5.70. The Morgan fingerprint density at radius 2 is 1.88 bits per heavy atom. The maximum Gasteiger partial charge on any atom is 0.191 e. The number of aliphatic imine (C=N–C) groups is 1. The number of ether oxygens (including phenoxy) is 1. The average molecular weight is 488 g/mol. The van der Waals surface area contributed by atoms with Gasteiger partial charge in [0.15, 0.2) is 5.96 Å². The number of hydrogen-bond acceptors (Lipinski definition) is 4. The fourth-order valence-electron chi connectivity index (χ4n) is 2.34. The smallest absolute Gasteiger partial charge is 0.191 e. The predicted octanol–water partition coefficient (Wildman–Crippen LogP) is 4.17. The number of guanidine groups is 1. The van der Waals surface area contributed by atoms with Crippen LogP contribution < -0.4 is 10.6 Å². The molecule has 1 aromatic heterocycles. The number of thiazole rings is 1. The van der Waals surface area contributed by atoms with Crippen LogP contribution in [0.4, 0.5) is 0 Å². The average Bonchev–Trinajstić information content (AvgIpc) is 2.94. The number of nitrogens with zero attached hydrogens (tertiary/aromatic N) is 2. The Morgan fingerprint density at radius 3 is 2.50 bits per heavy atom. The minimum Gasteiger partial charge on any atom is -0.377 e. The molecule has 2 rings (SSSR count). The van der Waals surface area contributed by atoms with Gasteiger partial charge in [0.1, 0.15) is 5.01 Å². The molecule has 0 spiro atoms. The van der Waals surface area contributed by atoms with E-state index in [9.17, 15) is 0 Å². The molecule has 1 aromatic carbocycles. The molecule has 0 saturated carbocycles. The predicted molar refractivity (Wildman–Crippen MR) is 120 cm³/mol. The Hall–Kier alpha value is -1.19. The third-order valence-electron chi connectivity index (χ3n) is 3.81. The lowest BCUT2D eigenvalue weighted by Crippen LogP contribution is -2.36. The van der Waals surface area contributed by atoms with Crippen LogP contribution in [0, 0.1) is 13.8 Å². The van der Waals surface area contributed by atoms with Gasteiger partial charge in [-0.05, 0) is 38.8 Å². The van der Waals surface area contributed by atoms with Gasteiger partial charge in [-0.15, -0.1) is 35.3 Å². The van der Waals surface area contributed by atoms with Gasteiger partial charge in [0.2, 0.25) is 0 Å². The van der Waals surface area contributed by atoms with Crippen LogP contribution in [0.3, 0.4) is 0 Å². The third kappa shape index (κ3) is 7.20. The first-order valence-corrected chi connectivity index (χ1v) is 9.55. The number of hydrogen-bond donors (Lipinski definition) is 2. The Balaban J connectivity index is 0.00000338. The van der Waals surface area contributed by atoms with E-state index < -0.39 is 0 Å². The SMILES string of the molecule is CCNC(=NCc1ccccc1COCC)NCc1nc(C)c(C)s1.I. The van der Waals surface area contributed by atoms with Crippen LogP contribution in [0.5, 0.6) is 0 Å². The van der Waals surface area contributed by atoms with E-state index in [1.54, 1.807) is 11.3 Å². The summed E-state index contributed by atoms with van der Waals surface area (Å²) in [6.45, 7) is 11.7. The van der Waals surface area contributed by atoms with Crippen molar-refractivity contribution in [1.29, 1.82) is 0 Å². The van der Waals surface area contributed by atoms with Crippen molar-refractivity contribution in [3.63, 3.8) is 0 Å². The molecule has 0 fully saturated rings. The Labute approximate surface area is 177 Å². The molecule has 0 amide bonds. The molecule has 0 bridgehead atoms. The summed E-state index contributed by atoms with van der Waals surface area (Å²) in [7, 11) is 0. The van der Waals surface area contributed by atoms with Crippen molar-refractivity contribution in [3.05, 3.63) is 51.0 Å². The second-order valence-corrected chi connectivity index (χ2v) is 6.99. The van der Waals surface area contributed by atoms with Gasteiger partial charge in [0.25, 0.3) is 0 Å². The van der Waals surface area contributed by atoms with Crippen molar-refractivity contribution in [3.8, 4) is 0 Å². The highest BCUT2D eigenvalue weighted by Gasteiger charge is 2.06. The standard InChI is InChI=1S/C19H28N4OS.HI/c1-5-20-19(22-12-18-23-14(3)15(4)25-18)21-11-16-9-7-8-10-17(16)13-24-6-2;/h7-10H,5-6,11-13H2,1-4H3,(H2,20,21,22);1H. The van der Waals surface area contributed by atoms with E-state index >= 15 is 0 Å². The first-order chi connectivity index (χ1) is 12.1. The number of rotatable bonds is 8. The molecule has 0 aliphatic rings. The molecule has 2 N–H and O–H groups in total. The topological polar surface area (TPSA) is 58.5 Å². The summed E-state index contributed by atoms with van der Waals surface area (Å²) >= 11 is 1.73. The zero-order chi connectivity index (χ0) is 18.1. The lowest BCUT2D eigenvalue weighted by molar-refractivity contribution is 0.133. The number of benzene rings is 1. The molecule has 2 aromatic rings. The minimum absolute atomic E-state index is 0. The van der Waals surface area contributed by atoms with Gasteiger partial charge in [-0.25, -0.2) is 9.98 Å². The highest BCUT2D eigenvalue weighted by molar-refractivity contribution is 14.0. The monoisotopic (exact) mass is 488 g/mol. The van der Waals surface area contributed by atoms with Gasteiger partial charge in [0.05, 0.1) is 25.4 Å². The van der Waals surface area contributed by atoms with Crippen LogP contribution in [-0.2, 0) is 24.4 Å². The molecule has 0 aliphatic heterocycles. The van der Waals surface area contributed by atoms with E-state index in [1.807, 2.05) is 26.0 Å². The maximum absolute atomic E-state index is 5.55. The molecule has 144 valence electrons. The summed E-state index contributed by atoms with van der Waals surface area (Å²) in [5.74, 6) is 0.805. The summed E-state index contributed by atoms with van der Waals surface area (Å²) < 4.78 is 5.55. The van der Waals surface area contributed by atoms with Crippen LogP contribution >= 0.6 is 35.3 Å². The van der Waals surface area contributed by atoms with E-state index in [4.69, 9.17) is 9.73 Å². The molecule has 0 saturated heterocycles. The fraction of sp³-hybridized carbons (Fsp3) is 0.474. The summed E-state index contributed by atoms with van der Waals surface area (Å²) in [4.78, 5) is 10.5. The van der Waals surface area contributed by atoms with Crippen molar-refractivity contribution in [2.24, 2.45) is 4.99 Å². The second kappa shape index (κ2) is 12.2. The van der Waals surface area contributed by atoms with Crippen LogP contribution in [0.2, 0.25) is 0 Å². The van der Waals surface area contributed by atoms with Crippen LogP contribution in [-0.4, -0.2) is 24.1 Å². The molecular formula is C19H29IN4OS. The lowest BCUT2D eigenvalue weighted by atomic mass is 10.1. The van der Waals surface area contributed by atoms with Gasteiger partial charge in [-0.1, -0.05) is 24.3 Å². The van der Waals surface area contributed by atoms with Crippen molar-refractivity contribution < 1.29 is 4.74 Å². The summed E-state index contributed by atoms with van der Waals surface area (Å²) in [6.07, 6.45) is 0. The molecule has 26 heavy (non-hydrogen) atoms. The minimum atomic E-state index is 0. The number of aryl methyl sites for hydroxylation is 2. The molecule has 0 atom stereocenters. The van der Waals surface area contributed by atoms with Gasteiger partial charge in [-0.2, -0.15) is 0 Å².